The predicted octanol–water partition coefficient (Wildman–Crippen LogP) is 3.41. The maximum Gasteiger partial charge on any atom is 0.408 e. The lowest BCUT2D eigenvalue weighted by Gasteiger charge is -2.27. The van der Waals surface area contributed by atoms with Crippen LogP contribution < -0.4 is 5.32 Å². The molecule has 0 saturated carbocycles. The van der Waals surface area contributed by atoms with Gasteiger partial charge in [-0.3, -0.25) is 0 Å². The van der Waals surface area contributed by atoms with Gasteiger partial charge in [-0.2, -0.15) is 0 Å². The Balaban J connectivity index is 2.81. The van der Waals surface area contributed by atoms with Gasteiger partial charge in [0.05, 0.1) is 12.1 Å². The molecule has 0 heterocycles. The van der Waals surface area contributed by atoms with E-state index >= 15 is 0 Å². The van der Waals surface area contributed by atoms with E-state index in [1.807, 2.05) is 58.0 Å². The number of amides is 1. The molecule has 0 unspecified atom stereocenters. The normalized spacial score (nSPS) is 14.4. The maximum absolute atomic E-state index is 11.9. The third-order valence-corrected chi connectivity index (χ3v) is 2.80. The number of benzene rings is 1. The summed E-state index contributed by atoms with van der Waals surface area (Å²) in [5.74, 6) is 0. The number of aliphatic hydroxyl groups is 1. The van der Waals surface area contributed by atoms with Crippen molar-refractivity contribution in [2.45, 2.75) is 58.3 Å². The Morgan fingerprint density at radius 1 is 1.30 bits per heavy atom. The first-order valence-corrected chi connectivity index (χ1v) is 7.06. The number of carbonyl (C=O) groups is 1. The first-order valence-electron chi connectivity index (χ1n) is 7.06. The van der Waals surface area contributed by atoms with Gasteiger partial charge in [0.1, 0.15) is 5.60 Å². The third-order valence-electron chi connectivity index (χ3n) is 2.80. The molecule has 1 aromatic carbocycles. The summed E-state index contributed by atoms with van der Waals surface area (Å²) in [6.45, 7) is 7.43. The van der Waals surface area contributed by atoms with Crippen molar-refractivity contribution in [3.8, 4) is 0 Å². The highest BCUT2D eigenvalue weighted by Crippen LogP contribution is 2.21. The van der Waals surface area contributed by atoms with Crippen LogP contribution in [0.15, 0.2) is 30.3 Å². The highest BCUT2D eigenvalue weighted by molar-refractivity contribution is 5.68. The molecule has 0 aliphatic carbocycles. The second-order valence-electron chi connectivity index (χ2n) is 5.89. The molecule has 0 aliphatic heterocycles. The Morgan fingerprint density at radius 2 is 1.90 bits per heavy atom. The lowest BCUT2D eigenvalue weighted by Crippen LogP contribution is -2.39. The highest BCUT2D eigenvalue weighted by Gasteiger charge is 2.25. The number of hydrogen-bond acceptors (Lipinski definition) is 3. The van der Waals surface area contributed by atoms with Crippen LogP contribution in [0.25, 0.3) is 0 Å². The summed E-state index contributed by atoms with van der Waals surface area (Å²) in [5, 5.41) is 13.0. The average Bonchev–Trinajstić information content (AvgIpc) is 2.35. The highest BCUT2D eigenvalue weighted by atomic mass is 16.6. The molecule has 0 saturated heterocycles. The van der Waals surface area contributed by atoms with Gasteiger partial charge in [0.2, 0.25) is 0 Å². The van der Waals surface area contributed by atoms with Gasteiger partial charge >= 0.3 is 6.09 Å². The smallest absolute Gasteiger partial charge is 0.408 e. The molecule has 0 bridgehead atoms. The van der Waals surface area contributed by atoms with Gasteiger partial charge in [-0.05, 0) is 32.8 Å². The van der Waals surface area contributed by atoms with E-state index in [4.69, 9.17) is 4.74 Å². The molecular formula is C16H25NO3. The minimum absolute atomic E-state index is 0.453. The van der Waals surface area contributed by atoms with Crippen LogP contribution in [-0.2, 0) is 4.74 Å². The Bertz CT molecular complexity index is 411. The quantitative estimate of drug-likeness (QED) is 0.868. The van der Waals surface area contributed by atoms with Crippen LogP contribution in [0.1, 0.15) is 52.1 Å². The number of alkyl carbamates (subject to hydrolysis) is 1. The van der Waals surface area contributed by atoms with E-state index in [2.05, 4.69) is 5.32 Å². The van der Waals surface area contributed by atoms with Gasteiger partial charge < -0.3 is 15.2 Å². The molecule has 2 atom stereocenters. The van der Waals surface area contributed by atoms with E-state index in [0.29, 0.717) is 6.42 Å². The van der Waals surface area contributed by atoms with Crippen molar-refractivity contribution in [2.75, 3.05) is 0 Å². The molecule has 20 heavy (non-hydrogen) atoms. The van der Waals surface area contributed by atoms with Gasteiger partial charge in [0.15, 0.2) is 0 Å². The van der Waals surface area contributed by atoms with E-state index in [1.165, 1.54) is 0 Å². The molecule has 1 rings (SSSR count). The number of ether oxygens (including phenoxy) is 1. The first kappa shape index (κ1) is 16.5. The fourth-order valence-corrected chi connectivity index (χ4v) is 1.96. The van der Waals surface area contributed by atoms with Crippen molar-refractivity contribution in [1.82, 2.24) is 5.32 Å². The van der Waals surface area contributed by atoms with Crippen molar-refractivity contribution in [3.63, 3.8) is 0 Å². The van der Waals surface area contributed by atoms with Crippen molar-refractivity contribution in [3.05, 3.63) is 35.9 Å². The number of nitrogens with one attached hydrogen (secondary N) is 1. The number of hydrogen-bond donors (Lipinski definition) is 2. The monoisotopic (exact) mass is 279 g/mol. The summed E-state index contributed by atoms with van der Waals surface area (Å²) in [6, 6.07) is 9.00. The zero-order valence-electron chi connectivity index (χ0n) is 12.7. The van der Waals surface area contributed by atoms with Crippen molar-refractivity contribution >= 4 is 6.09 Å². The molecule has 1 amide bonds. The molecule has 0 radical (unpaired) electrons. The van der Waals surface area contributed by atoms with Crippen molar-refractivity contribution in [2.24, 2.45) is 0 Å². The lowest BCUT2D eigenvalue weighted by atomic mass is 9.98. The Morgan fingerprint density at radius 3 is 2.40 bits per heavy atom. The molecule has 0 aliphatic rings. The predicted molar refractivity (Wildman–Crippen MR) is 79.5 cm³/mol. The molecule has 1 aromatic rings. The molecule has 112 valence electrons. The van der Waals surface area contributed by atoms with E-state index in [-0.39, 0.29) is 0 Å². The summed E-state index contributed by atoms with van der Waals surface area (Å²) in [6.07, 6.45) is 0.326. The van der Waals surface area contributed by atoms with Crippen molar-refractivity contribution < 1.29 is 14.6 Å². The summed E-state index contributed by atoms with van der Waals surface area (Å²) >= 11 is 0. The van der Waals surface area contributed by atoms with Crippen LogP contribution in [0, 0.1) is 0 Å². The molecule has 2 N–H and O–H groups in total. The lowest BCUT2D eigenvalue weighted by molar-refractivity contribution is 0.0410. The standard InChI is InChI=1S/C16H25NO3/c1-5-9-13(18)14(12-10-7-6-8-11-12)17-15(19)20-16(2,3)4/h6-8,10-11,13-14,18H,5,9H2,1-4H3,(H,17,19)/t13-,14+/m1/s1. The molecular weight excluding hydrogens is 254 g/mol. The van der Waals surface area contributed by atoms with E-state index < -0.39 is 23.8 Å². The van der Waals surface area contributed by atoms with Gasteiger partial charge in [0, 0.05) is 0 Å². The number of aliphatic hydroxyl groups excluding tert-OH is 1. The van der Waals surface area contributed by atoms with Gasteiger partial charge in [-0.1, -0.05) is 43.7 Å². The first-order chi connectivity index (χ1) is 9.33. The zero-order valence-corrected chi connectivity index (χ0v) is 12.7. The van der Waals surface area contributed by atoms with Crippen LogP contribution in [0.4, 0.5) is 4.79 Å². The topological polar surface area (TPSA) is 58.6 Å². The van der Waals surface area contributed by atoms with Crippen LogP contribution in [-0.4, -0.2) is 22.9 Å². The van der Waals surface area contributed by atoms with Crippen molar-refractivity contribution in [1.29, 1.82) is 0 Å². The fourth-order valence-electron chi connectivity index (χ4n) is 1.96. The summed E-state index contributed by atoms with van der Waals surface area (Å²) in [4.78, 5) is 11.9. The van der Waals surface area contributed by atoms with Gasteiger partial charge in [-0.25, -0.2) is 4.79 Å². The Hall–Kier alpha value is -1.55. The molecule has 4 nitrogen and oxygen atoms in total. The fraction of sp³-hybridized carbons (Fsp3) is 0.562. The van der Waals surface area contributed by atoms with Gasteiger partial charge in [0.25, 0.3) is 0 Å². The molecule has 0 spiro atoms. The SMILES string of the molecule is CCC[C@@H](O)[C@@H](NC(=O)OC(C)(C)C)c1ccccc1. The number of rotatable bonds is 5. The third kappa shape index (κ3) is 5.61. The van der Waals surface area contributed by atoms with Crippen LogP contribution in [0.5, 0.6) is 0 Å². The average molecular weight is 279 g/mol. The largest absolute Gasteiger partial charge is 0.444 e. The van der Waals surface area contributed by atoms with Crippen LogP contribution in [0.2, 0.25) is 0 Å². The zero-order chi connectivity index (χ0) is 15.2. The number of carbonyl (C=O) groups excluding carboxylic acids is 1. The summed E-state index contributed by atoms with van der Waals surface area (Å²) in [7, 11) is 0. The Labute approximate surface area is 121 Å². The molecule has 4 heteroatoms. The molecule has 0 aromatic heterocycles. The second-order valence-corrected chi connectivity index (χ2v) is 5.89. The summed E-state index contributed by atoms with van der Waals surface area (Å²) in [5.41, 5.74) is 0.320. The maximum atomic E-state index is 11.9. The summed E-state index contributed by atoms with van der Waals surface area (Å²) < 4.78 is 5.26. The second kappa shape index (κ2) is 7.29. The molecule has 0 fully saturated rings. The minimum Gasteiger partial charge on any atom is -0.444 e. The van der Waals surface area contributed by atoms with E-state index in [0.717, 1.165) is 12.0 Å². The van der Waals surface area contributed by atoms with Crippen LogP contribution in [0.3, 0.4) is 0 Å². The minimum atomic E-state index is -0.630. The van der Waals surface area contributed by atoms with E-state index in [9.17, 15) is 9.90 Å². The van der Waals surface area contributed by atoms with Gasteiger partial charge in [-0.15, -0.1) is 0 Å². The Kier molecular flexibility index (Phi) is 6.02. The van der Waals surface area contributed by atoms with Crippen LogP contribution >= 0.6 is 0 Å². The van der Waals surface area contributed by atoms with E-state index in [1.54, 1.807) is 0 Å².